The van der Waals surface area contributed by atoms with E-state index in [1.165, 1.54) is 37.9 Å². The van der Waals surface area contributed by atoms with Crippen LogP contribution in [0.3, 0.4) is 0 Å². The summed E-state index contributed by atoms with van der Waals surface area (Å²) in [5, 5.41) is 11.1. The number of nitrogens with zero attached hydrogens (tertiary/aromatic N) is 4. The van der Waals surface area contributed by atoms with Crippen LogP contribution in [0.1, 0.15) is 17.7 Å². The standard InChI is InChI=1S/C21H18F3N5O2S/c1-31-16-5-3-4-15(22)14(16)10-25-17-8-6-13(21-28-26-11-29(17)21)12-7-9-18(32(2)30)27-19(12)20(23)24/h3-9,11,20,25H,10H2,1-2H3. The molecule has 1 N–H and O–H groups in total. The minimum absolute atomic E-state index is 0.0682. The van der Waals surface area contributed by atoms with E-state index in [0.29, 0.717) is 28.3 Å². The van der Waals surface area contributed by atoms with E-state index in [1.54, 1.807) is 28.7 Å². The highest BCUT2D eigenvalue weighted by Gasteiger charge is 2.21. The molecule has 0 amide bonds. The van der Waals surface area contributed by atoms with Gasteiger partial charge >= 0.3 is 0 Å². The summed E-state index contributed by atoms with van der Waals surface area (Å²) in [5.41, 5.74) is 0.707. The van der Waals surface area contributed by atoms with Crippen LogP contribution in [0.25, 0.3) is 16.8 Å². The number of alkyl halides is 2. The molecule has 0 aliphatic rings. The quantitative estimate of drug-likeness (QED) is 0.444. The first-order valence-corrected chi connectivity index (χ1v) is 11.0. The van der Waals surface area contributed by atoms with Crippen molar-refractivity contribution in [1.29, 1.82) is 0 Å². The second-order valence-corrected chi connectivity index (χ2v) is 8.09. The molecule has 0 saturated carbocycles. The number of ether oxygens (including phenoxy) is 1. The number of pyridine rings is 2. The number of methoxy groups -OCH3 is 1. The van der Waals surface area contributed by atoms with E-state index in [-0.39, 0.29) is 17.1 Å². The number of anilines is 1. The fourth-order valence-electron chi connectivity index (χ4n) is 3.36. The van der Waals surface area contributed by atoms with E-state index in [9.17, 15) is 17.4 Å². The number of aromatic nitrogens is 4. The Bertz CT molecular complexity index is 1310. The maximum absolute atomic E-state index is 14.2. The van der Waals surface area contributed by atoms with Crippen molar-refractivity contribution in [2.45, 2.75) is 18.0 Å². The van der Waals surface area contributed by atoms with E-state index in [4.69, 9.17) is 4.74 Å². The van der Waals surface area contributed by atoms with E-state index in [2.05, 4.69) is 20.5 Å². The summed E-state index contributed by atoms with van der Waals surface area (Å²) in [6.07, 6.45) is -0.0771. The van der Waals surface area contributed by atoms with Crippen LogP contribution in [0.15, 0.2) is 53.8 Å². The van der Waals surface area contributed by atoms with Gasteiger partial charge < -0.3 is 10.1 Å². The molecule has 0 radical (unpaired) electrons. The first kappa shape index (κ1) is 21.8. The Labute approximate surface area is 183 Å². The van der Waals surface area contributed by atoms with Gasteiger partial charge in [0.25, 0.3) is 6.43 Å². The molecular formula is C21H18F3N5O2S. The summed E-state index contributed by atoms with van der Waals surface area (Å²) in [4.78, 5) is 3.89. The van der Waals surface area contributed by atoms with Gasteiger partial charge in [-0.25, -0.2) is 18.2 Å². The molecule has 0 fully saturated rings. The number of hydrogen-bond acceptors (Lipinski definition) is 6. The van der Waals surface area contributed by atoms with Crippen LogP contribution in [0.4, 0.5) is 19.0 Å². The third-order valence-electron chi connectivity index (χ3n) is 4.89. The predicted molar refractivity (Wildman–Crippen MR) is 114 cm³/mol. The Morgan fingerprint density at radius 1 is 1.16 bits per heavy atom. The molecule has 0 bridgehead atoms. The van der Waals surface area contributed by atoms with E-state index < -0.39 is 28.7 Å². The zero-order valence-corrected chi connectivity index (χ0v) is 17.9. The van der Waals surface area contributed by atoms with E-state index in [1.807, 2.05) is 0 Å². The maximum Gasteiger partial charge on any atom is 0.281 e. The molecule has 11 heteroatoms. The Kier molecular flexibility index (Phi) is 6.08. The highest BCUT2D eigenvalue weighted by atomic mass is 32.2. The minimum atomic E-state index is -2.87. The third kappa shape index (κ3) is 4.03. The number of fused-ring (bicyclic) bond motifs is 1. The lowest BCUT2D eigenvalue weighted by atomic mass is 10.1. The predicted octanol–water partition coefficient (Wildman–Crippen LogP) is 4.23. The van der Waals surface area contributed by atoms with Crippen molar-refractivity contribution in [3.63, 3.8) is 0 Å². The van der Waals surface area contributed by atoms with Crippen LogP contribution in [0.2, 0.25) is 0 Å². The van der Waals surface area contributed by atoms with Gasteiger partial charge in [-0.2, -0.15) is 0 Å². The number of nitrogens with one attached hydrogen (secondary N) is 1. The van der Waals surface area contributed by atoms with Crippen LogP contribution >= 0.6 is 0 Å². The molecule has 4 aromatic rings. The van der Waals surface area contributed by atoms with Crippen LogP contribution < -0.4 is 10.1 Å². The van der Waals surface area contributed by atoms with Gasteiger partial charge in [0.1, 0.15) is 34.4 Å². The summed E-state index contributed by atoms with van der Waals surface area (Å²) >= 11 is 0. The highest BCUT2D eigenvalue weighted by molar-refractivity contribution is 7.84. The number of rotatable bonds is 7. The summed E-state index contributed by atoms with van der Waals surface area (Å²) in [5.74, 6) is 0.501. The van der Waals surface area contributed by atoms with Crippen molar-refractivity contribution < 1.29 is 22.1 Å². The smallest absolute Gasteiger partial charge is 0.281 e. The molecule has 1 unspecified atom stereocenters. The molecule has 0 spiro atoms. The van der Waals surface area contributed by atoms with Gasteiger partial charge in [-0.1, -0.05) is 6.07 Å². The number of halogens is 3. The van der Waals surface area contributed by atoms with Crippen molar-refractivity contribution >= 4 is 22.3 Å². The molecule has 166 valence electrons. The second kappa shape index (κ2) is 8.95. The van der Waals surface area contributed by atoms with Crippen molar-refractivity contribution in [3.05, 3.63) is 65.9 Å². The van der Waals surface area contributed by atoms with Gasteiger partial charge in [-0.15, -0.1) is 10.2 Å². The lowest BCUT2D eigenvalue weighted by molar-refractivity contribution is 0.146. The third-order valence-corrected chi connectivity index (χ3v) is 5.71. The van der Waals surface area contributed by atoms with Crippen molar-refractivity contribution in [2.75, 3.05) is 18.7 Å². The van der Waals surface area contributed by atoms with Crippen LogP contribution in [0, 0.1) is 5.82 Å². The van der Waals surface area contributed by atoms with Crippen molar-refractivity contribution in [1.82, 2.24) is 19.6 Å². The monoisotopic (exact) mass is 461 g/mol. The Balaban J connectivity index is 1.74. The maximum atomic E-state index is 14.2. The fourth-order valence-corrected chi connectivity index (χ4v) is 3.84. The average Bonchev–Trinajstić information content (AvgIpc) is 3.27. The summed E-state index contributed by atoms with van der Waals surface area (Å²) in [6, 6.07) is 10.7. The lowest BCUT2D eigenvalue weighted by Gasteiger charge is -2.15. The van der Waals surface area contributed by atoms with Gasteiger partial charge in [0.2, 0.25) is 0 Å². The largest absolute Gasteiger partial charge is 0.496 e. The SMILES string of the molecule is COc1cccc(F)c1CNc1ccc(-c2ccc(S(C)=O)nc2C(F)F)c2nncn12. The molecule has 1 aromatic carbocycles. The first-order chi connectivity index (χ1) is 15.4. The van der Waals surface area contributed by atoms with Crippen LogP contribution in [-0.2, 0) is 17.3 Å². The first-order valence-electron chi connectivity index (χ1n) is 9.41. The second-order valence-electron chi connectivity index (χ2n) is 6.77. The van der Waals surface area contributed by atoms with Crippen LogP contribution in [0.5, 0.6) is 5.75 Å². The molecule has 32 heavy (non-hydrogen) atoms. The number of hydrogen-bond donors (Lipinski definition) is 1. The Morgan fingerprint density at radius 3 is 2.66 bits per heavy atom. The summed E-state index contributed by atoms with van der Waals surface area (Å²) < 4.78 is 60.1. The van der Waals surface area contributed by atoms with Crippen molar-refractivity contribution in [3.8, 4) is 16.9 Å². The molecule has 4 rings (SSSR count). The summed E-state index contributed by atoms with van der Waals surface area (Å²) in [7, 11) is -0.0404. The van der Waals surface area contributed by atoms with E-state index >= 15 is 0 Å². The molecule has 0 saturated heterocycles. The van der Waals surface area contributed by atoms with Gasteiger partial charge in [-0.05, 0) is 36.4 Å². The van der Waals surface area contributed by atoms with Gasteiger partial charge in [0.15, 0.2) is 5.65 Å². The average molecular weight is 461 g/mol. The molecule has 3 aromatic heterocycles. The molecule has 3 heterocycles. The lowest BCUT2D eigenvalue weighted by Crippen LogP contribution is -2.08. The zero-order chi connectivity index (χ0) is 22.8. The summed E-state index contributed by atoms with van der Waals surface area (Å²) in [6.45, 7) is 0.114. The molecule has 1 atom stereocenters. The fraction of sp³-hybridized carbons (Fsp3) is 0.190. The molecule has 0 aliphatic carbocycles. The van der Waals surface area contributed by atoms with E-state index in [0.717, 1.165) is 0 Å². The Hall–Kier alpha value is -3.47. The minimum Gasteiger partial charge on any atom is -0.496 e. The van der Waals surface area contributed by atoms with Crippen molar-refractivity contribution in [2.24, 2.45) is 0 Å². The topological polar surface area (TPSA) is 81.4 Å². The molecule has 7 nitrogen and oxygen atoms in total. The van der Waals surface area contributed by atoms with Crippen LogP contribution in [-0.4, -0.2) is 37.2 Å². The Morgan fingerprint density at radius 2 is 1.94 bits per heavy atom. The normalized spacial score (nSPS) is 12.3. The van der Waals surface area contributed by atoms with Gasteiger partial charge in [0, 0.05) is 29.5 Å². The molecule has 0 aliphatic heterocycles. The zero-order valence-electron chi connectivity index (χ0n) is 17.1. The highest BCUT2D eigenvalue weighted by Crippen LogP contribution is 2.34. The number of benzene rings is 1. The van der Waals surface area contributed by atoms with Gasteiger partial charge in [0.05, 0.1) is 17.9 Å². The van der Waals surface area contributed by atoms with Gasteiger partial charge in [-0.3, -0.25) is 8.61 Å². The molecular weight excluding hydrogens is 443 g/mol.